The summed E-state index contributed by atoms with van der Waals surface area (Å²) < 4.78 is 2.35. The highest BCUT2D eigenvalue weighted by atomic mass is 16.4. The van der Waals surface area contributed by atoms with E-state index in [2.05, 4.69) is 9.97 Å². The van der Waals surface area contributed by atoms with Crippen molar-refractivity contribution in [2.24, 2.45) is 20.0 Å². The number of nitrogens with one attached hydrogen (secondary N) is 1. The molecule has 1 aliphatic heterocycles. The minimum atomic E-state index is -0.777. The van der Waals surface area contributed by atoms with Gasteiger partial charge in [0.25, 0.3) is 5.56 Å². The third-order valence-corrected chi connectivity index (χ3v) is 4.23. The number of nitrogens with zero attached hydrogens (tertiary/aromatic N) is 4. The first-order valence-electron chi connectivity index (χ1n) is 7.03. The van der Waals surface area contributed by atoms with Crippen molar-refractivity contribution < 1.29 is 9.90 Å². The topological polar surface area (TPSA) is 113 Å². The molecule has 9 heteroatoms. The van der Waals surface area contributed by atoms with Crippen LogP contribution in [-0.2, 0) is 18.9 Å². The summed E-state index contributed by atoms with van der Waals surface area (Å²) in [7, 11) is 2.98. The molecular weight excluding hydrogens is 290 g/mol. The highest BCUT2D eigenvalue weighted by Gasteiger charge is 2.26. The number of carbonyl (C=O) groups is 1. The molecule has 0 saturated carbocycles. The molecule has 3 rings (SSSR count). The lowest BCUT2D eigenvalue weighted by Gasteiger charge is -2.29. The van der Waals surface area contributed by atoms with Crippen LogP contribution in [0.4, 0.5) is 5.95 Å². The molecule has 2 N–H and O–H groups in total. The lowest BCUT2D eigenvalue weighted by molar-refractivity contribution is -0.142. The molecule has 0 bridgehead atoms. The van der Waals surface area contributed by atoms with E-state index in [1.165, 1.54) is 11.6 Å². The smallest absolute Gasteiger partial charge is 0.332 e. The average molecular weight is 307 g/mol. The van der Waals surface area contributed by atoms with Gasteiger partial charge in [-0.3, -0.25) is 18.7 Å². The molecule has 1 saturated heterocycles. The molecule has 0 aromatic carbocycles. The van der Waals surface area contributed by atoms with E-state index >= 15 is 0 Å². The summed E-state index contributed by atoms with van der Waals surface area (Å²) in [5.41, 5.74) is -0.263. The van der Waals surface area contributed by atoms with Crippen molar-refractivity contribution in [3.63, 3.8) is 0 Å². The first-order valence-corrected chi connectivity index (χ1v) is 7.03. The van der Waals surface area contributed by atoms with Crippen LogP contribution in [0.5, 0.6) is 0 Å². The number of carboxylic acid groups (broad SMARTS) is 1. The molecule has 0 unspecified atom stereocenters. The molecule has 2 aromatic heterocycles. The molecule has 118 valence electrons. The fourth-order valence-corrected chi connectivity index (χ4v) is 2.80. The van der Waals surface area contributed by atoms with Crippen molar-refractivity contribution in [3.05, 3.63) is 20.8 Å². The van der Waals surface area contributed by atoms with E-state index in [1.54, 1.807) is 7.05 Å². The molecular formula is C13H17N5O4. The van der Waals surface area contributed by atoms with Gasteiger partial charge in [-0.1, -0.05) is 0 Å². The maximum atomic E-state index is 12.1. The molecule has 0 spiro atoms. The Labute approximate surface area is 124 Å². The molecule has 0 aliphatic carbocycles. The molecule has 2 aromatic rings. The first kappa shape index (κ1) is 14.4. The van der Waals surface area contributed by atoms with Gasteiger partial charge in [0.15, 0.2) is 11.2 Å². The van der Waals surface area contributed by atoms with Gasteiger partial charge in [0, 0.05) is 27.2 Å². The number of imidazole rings is 1. The number of hydrogen-bond acceptors (Lipinski definition) is 5. The van der Waals surface area contributed by atoms with Gasteiger partial charge in [-0.15, -0.1) is 0 Å². The Bertz CT molecular complexity index is 854. The third-order valence-electron chi connectivity index (χ3n) is 4.23. The second kappa shape index (κ2) is 5.00. The lowest BCUT2D eigenvalue weighted by Crippen LogP contribution is -2.37. The highest BCUT2D eigenvalue weighted by molar-refractivity contribution is 5.73. The van der Waals surface area contributed by atoms with Gasteiger partial charge in [0.2, 0.25) is 5.95 Å². The van der Waals surface area contributed by atoms with E-state index in [9.17, 15) is 14.4 Å². The Kier molecular flexibility index (Phi) is 3.27. The highest BCUT2D eigenvalue weighted by Crippen LogP contribution is 2.22. The summed E-state index contributed by atoms with van der Waals surface area (Å²) in [5.74, 6) is -0.615. The van der Waals surface area contributed by atoms with Crippen LogP contribution in [0.1, 0.15) is 12.8 Å². The van der Waals surface area contributed by atoms with Gasteiger partial charge in [-0.05, 0) is 12.8 Å². The largest absolute Gasteiger partial charge is 0.481 e. The zero-order valence-corrected chi connectivity index (χ0v) is 12.4. The number of rotatable bonds is 2. The van der Waals surface area contributed by atoms with Crippen LogP contribution < -0.4 is 16.1 Å². The number of aromatic amines is 1. The van der Waals surface area contributed by atoms with E-state index in [-0.39, 0.29) is 11.4 Å². The van der Waals surface area contributed by atoms with E-state index in [0.29, 0.717) is 37.5 Å². The number of H-pyrrole nitrogens is 1. The Morgan fingerprint density at radius 1 is 1.23 bits per heavy atom. The van der Waals surface area contributed by atoms with Gasteiger partial charge in [0.1, 0.15) is 0 Å². The van der Waals surface area contributed by atoms with E-state index in [0.717, 1.165) is 4.57 Å². The summed E-state index contributed by atoms with van der Waals surface area (Å²) in [6.07, 6.45) is 1.06. The Morgan fingerprint density at radius 2 is 1.86 bits per heavy atom. The lowest BCUT2D eigenvalue weighted by atomic mass is 9.97. The minimum Gasteiger partial charge on any atom is -0.481 e. The van der Waals surface area contributed by atoms with Crippen LogP contribution in [0.3, 0.4) is 0 Å². The van der Waals surface area contributed by atoms with Gasteiger partial charge in [0.05, 0.1) is 5.92 Å². The summed E-state index contributed by atoms with van der Waals surface area (Å²) >= 11 is 0. The van der Waals surface area contributed by atoms with Crippen molar-refractivity contribution >= 4 is 23.1 Å². The summed E-state index contributed by atoms with van der Waals surface area (Å²) in [4.78, 5) is 44.2. The minimum absolute atomic E-state index is 0.278. The first-order chi connectivity index (χ1) is 10.4. The molecule has 9 nitrogen and oxygen atoms in total. The molecule has 3 heterocycles. The predicted molar refractivity (Wildman–Crippen MR) is 79.1 cm³/mol. The van der Waals surface area contributed by atoms with E-state index < -0.39 is 17.2 Å². The maximum Gasteiger partial charge on any atom is 0.332 e. The number of aromatic nitrogens is 4. The average Bonchev–Trinajstić information content (AvgIpc) is 2.96. The summed E-state index contributed by atoms with van der Waals surface area (Å²) in [5, 5.41) is 9.02. The van der Waals surface area contributed by atoms with Crippen molar-refractivity contribution in [3.8, 4) is 0 Å². The second-order valence-electron chi connectivity index (χ2n) is 5.56. The zero-order valence-electron chi connectivity index (χ0n) is 12.4. The summed E-state index contributed by atoms with van der Waals surface area (Å²) in [6.45, 7) is 1.09. The SMILES string of the molecule is Cn1c(=O)c2[nH]c(N3CCC(C(=O)O)CC3)nc2n(C)c1=O. The molecule has 0 atom stereocenters. The second-order valence-corrected chi connectivity index (χ2v) is 5.56. The maximum absolute atomic E-state index is 12.1. The molecule has 1 aliphatic rings. The van der Waals surface area contributed by atoms with Gasteiger partial charge >= 0.3 is 11.7 Å². The van der Waals surface area contributed by atoms with Crippen LogP contribution in [0.15, 0.2) is 9.59 Å². The van der Waals surface area contributed by atoms with Crippen molar-refractivity contribution in [1.29, 1.82) is 0 Å². The third kappa shape index (κ3) is 2.09. The number of aliphatic carboxylic acids is 1. The van der Waals surface area contributed by atoms with Gasteiger partial charge < -0.3 is 15.0 Å². The van der Waals surface area contributed by atoms with Crippen molar-refractivity contribution in [2.45, 2.75) is 12.8 Å². The number of aryl methyl sites for hydroxylation is 1. The standard InChI is InChI=1S/C13H17N5O4/c1-16-9-8(10(19)17(2)13(16)22)14-12(15-9)18-5-3-7(4-6-18)11(20)21/h7H,3-6H2,1-2H3,(H,14,15)(H,20,21). The van der Waals surface area contributed by atoms with Gasteiger partial charge in [-0.2, -0.15) is 4.98 Å². The Morgan fingerprint density at radius 3 is 2.45 bits per heavy atom. The van der Waals surface area contributed by atoms with Crippen molar-refractivity contribution in [2.75, 3.05) is 18.0 Å². The van der Waals surface area contributed by atoms with Crippen molar-refractivity contribution in [1.82, 2.24) is 19.1 Å². The molecule has 22 heavy (non-hydrogen) atoms. The monoisotopic (exact) mass is 307 g/mol. The number of fused-ring (bicyclic) bond motifs is 1. The van der Waals surface area contributed by atoms with Crippen LogP contribution in [0, 0.1) is 5.92 Å². The van der Waals surface area contributed by atoms with E-state index in [1.807, 2.05) is 4.90 Å². The Hall–Kier alpha value is -2.58. The predicted octanol–water partition coefficient (Wildman–Crippen LogP) is -0.739. The van der Waals surface area contributed by atoms with Crippen LogP contribution in [0.25, 0.3) is 11.2 Å². The number of anilines is 1. The summed E-state index contributed by atoms with van der Waals surface area (Å²) in [6, 6.07) is 0. The fourth-order valence-electron chi connectivity index (χ4n) is 2.80. The molecule has 0 amide bonds. The van der Waals surface area contributed by atoms with Crippen LogP contribution in [-0.4, -0.2) is 43.3 Å². The number of carboxylic acids is 1. The quantitative estimate of drug-likeness (QED) is 0.755. The van der Waals surface area contributed by atoms with E-state index in [4.69, 9.17) is 5.11 Å². The fraction of sp³-hybridized carbons (Fsp3) is 0.538. The number of piperidine rings is 1. The normalized spacial score (nSPS) is 16.4. The van der Waals surface area contributed by atoms with Gasteiger partial charge in [-0.25, -0.2) is 4.79 Å². The molecule has 0 radical (unpaired) electrons. The number of hydrogen-bond donors (Lipinski definition) is 2. The van der Waals surface area contributed by atoms with Crippen LogP contribution in [0.2, 0.25) is 0 Å². The zero-order chi connectivity index (χ0) is 16.0. The van der Waals surface area contributed by atoms with Crippen LogP contribution >= 0.6 is 0 Å². The Balaban J connectivity index is 1.99. The molecule has 1 fully saturated rings.